The highest BCUT2D eigenvalue weighted by molar-refractivity contribution is 5.78. The summed E-state index contributed by atoms with van der Waals surface area (Å²) in [6.07, 6.45) is -3.57. The van der Waals surface area contributed by atoms with Crippen LogP contribution in [0.15, 0.2) is 30.5 Å². The summed E-state index contributed by atoms with van der Waals surface area (Å²) in [5.41, 5.74) is 3.91. The number of amides is 1. The number of benzene rings is 1. The summed E-state index contributed by atoms with van der Waals surface area (Å²) in [7, 11) is 0. The number of nitrogen functional groups attached to an aromatic ring is 1. The quantitative estimate of drug-likeness (QED) is 0.838. The Labute approximate surface area is 133 Å². The first kappa shape index (κ1) is 17.6. The smallest absolute Gasteiger partial charge is 0.384 e. The number of nitrogens with one attached hydrogen (secondary N) is 1. The molecule has 0 saturated carbocycles. The average molecular weight is 345 g/mol. The van der Waals surface area contributed by atoms with Crippen LogP contribution in [0.4, 0.5) is 27.8 Å². The van der Waals surface area contributed by atoms with Crippen LogP contribution in [0.5, 0.6) is 0 Å². The number of carbonyl (C=O) groups is 1. The third kappa shape index (κ3) is 4.40. The molecule has 0 atom stereocenters. The third-order valence-corrected chi connectivity index (χ3v) is 3.14. The monoisotopic (exact) mass is 345 g/mol. The fourth-order valence-electron chi connectivity index (χ4n) is 1.97. The molecule has 4 nitrogen and oxygen atoms in total. The number of pyridine rings is 1. The fraction of sp³-hybridized carbons (Fsp3) is 0.200. The van der Waals surface area contributed by atoms with Crippen LogP contribution in [0.2, 0.25) is 0 Å². The van der Waals surface area contributed by atoms with Gasteiger partial charge >= 0.3 is 6.18 Å². The fourth-order valence-corrected chi connectivity index (χ4v) is 1.97. The summed E-state index contributed by atoms with van der Waals surface area (Å²) < 4.78 is 64.7. The number of carbonyl (C=O) groups excluding carboxylic acids is 1. The van der Waals surface area contributed by atoms with Crippen molar-refractivity contribution in [2.24, 2.45) is 0 Å². The first-order valence-corrected chi connectivity index (χ1v) is 6.69. The zero-order valence-electron chi connectivity index (χ0n) is 12.1. The molecule has 0 saturated heterocycles. The molecule has 0 spiro atoms. The number of nitrogens with zero attached hydrogens (tertiary/aromatic N) is 1. The van der Waals surface area contributed by atoms with E-state index < -0.39 is 41.4 Å². The Morgan fingerprint density at radius 1 is 1.17 bits per heavy atom. The summed E-state index contributed by atoms with van der Waals surface area (Å²) in [6, 6.07) is 3.37. The molecule has 3 N–H and O–H groups in total. The first-order chi connectivity index (χ1) is 11.2. The van der Waals surface area contributed by atoms with E-state index in [9.17, 15) is 26.7 Å². The van der Waals surface area contributed by atoms with Crippen molar-refractivity contribution in [3.05, 3.63) is 58.8 Å². The summed E-state index contributed by atoms with van der Waals surface area (Å²) in [5, 5.41) is 2.25. The van der Waals surface area contributed by atoms with E-state index >= 15 is 0 Å². The molecular weight excluding hydrogens is 333 g/mol. The molecule has 24 heavy (non-hydrogen) atoms. The van der Waals surface area contributed by atoms with Gasteiger partial charge in [0.15, 0.2) is 0 Å². The number of alkyl halides is 3. The summed E-state index contributed by atoms with van der Waals surface area (Å²) in [6.45, 7) is -0.574. The lowest BCUT2D eigenvalue weighted by atomic mass is 10.1. The molecule has 0 fully saturated rings. The van der Waals surface area contributed by atoms with Gasteiger partial charge in [0.2, 0.25) is 5.91 Å². The molecule has 0 unspecified atom stereocenters. The number of hydrogen-bond acceptors (Lipinski definition) is 3. The minimum Gasteiger partial charge on any atom is -0.384 e. The predicted molar refractivity (Wildman–Crippen MR) is 75.6 cm³/mol. The highest BCUT2D eigenvalue weighted by Gasteiger charge is 2.32. The Kier molecular flexibility index (Phi) is 5.01. The lowest BCUT2D eigenvalue weighted by molar-refractivity contribution is -0.138. The number of aromatic nitrogens is 1. The molecule has 9 heteroatoms. The van der Waals surface area contributed by atoms with E-state index in [-0.39, 0.29) is 24.4 Å². The van der Waals surface area contributed by atoms with Crippen molar-refractivity contribution in [2.75, 3.05) is 5.73 Å². The third-order valence-electron chi connectivity index (χ3n) is 3.14. The average Bonchev–Trinajstić information content (AvgIpc) is 2.45. The van der Waals surface area contributed by atoms with Gasteiger partial charge in [0.25, 0.3) is 0 Å². The minimum atomic E-state index is -4.86. The molecule has 128 valence electrons. The van der Waals surface area contributed by atoms with Crippen molar-refractivity contribution < 1.29 is 26.7 Å². The zero-order chi connectivity index (χ0) is 17.9. The molecule has 0 aliphatic heterocycles. The highest BCUT2D eigenvalue weighted by Crippen LogP contribution is 2.31. The van der Waals surface area contributed by atoms with Gasteiger partial charge < -0.3 is 11.1 Å². The van der Waals surface area contributed by atoms with E-state index in [1.54, 1.807) is 0 Å². The molecule has 1 heterocycles. The Balaban J connectivity index is 2.05. The molecule has 2 rings (SSSR count). The summed E-state index contributed by atoms with van der Waals surface area (Å²) in [4.78, 5) is 15.5. The van der Waals surface area contributed by atoms with Gasteiger partial charge in [0, 0.05) is 18.3 Å². The van der Waals surface area contributed by atoms with E-state index in [4.69, 9.17) is 5.73 Å². The first-order valence-electron chi connectivity index (χ1n) is 6.69. The molecule has 1 aromatic heterocycles. The van der Waals surface area contributed by atoms with Crippen molar-refractivity contribution in [3.8, 4) is 0 Å². The second-order valence-electron chi connectivity index (χ2n) is 4.96. The van der Waals surface area contributed by atoms with E-state index in [0.29, 0.717) is 5.56 Å². The maximum atomic E-state index is 13.7. The van der Waals surface area contributed by atoms with E-state index in [1.165, 1.54) is 18.3 Å². The van der Waals surface area contributed by atoms with Crippen LogP contribution in [0, 0.1) is 11.6 Å². The van der Waals surface area contributed by atoms with Crippen molar-refractivity contribution in [1.82, 2.24) is 10.3 Å². The molecule has 1 aromatic carbocycles. The number of nitrogens with two attached hydrogens (primary N) is 1. The molecule has 0 aliphatic rings. The predicted octanol–water partition coefficient (Wildman–Crippen LogP) is 2.82. The molecule has 0 bridgehead atoms. The van der Waals surface area contributed by atoms with Gasteiger partial charge in [-0.2, -0.15) is 13.2 Å². The SMILES string of the molecule is Nc1cc(CC(=O)NCc2c(F)cc(C(F)(F)F)cc2F)ccn1. The lowest BCUT2D eigenvalue weighted by Crippen LogP contribution is -2.26. The van der Waals surface area contributed by atoms with Gasteiger partial charge in [-0.1, -0.05) is 0 Å². The van der Waals surface area contributed by atoms with Gasteiger partial charge in [0.05, 0.1) is 12.0 Å². The molecule has 2 aromatic rings. The lowest BCUT2D eigenvalue weighted by Gasteiger charge is -2.11. The van der Waals surface area contributed by atoms with Crippen molar-refractivity contribution in [1.29, 1.82) is 0 Å². The highest BCUT2D eigenvalue weighted by atomic mass is 19.4. The van der Waals surface area contributed by atoms with Gasteiger partial charge in [-0.3, -0.25) is 4.79 Å². The Morgan fingerprint density at radius 2 is 1.79 bits per heavy atom. The van der Waals surface area contributed by atoms with Crippen LogP contribution >= 0.6 is 0 Å². The van der Waals surface area contributed by atoms with Crippen LogP contribution in [-0.4, -0.2) is 10.9 Å². The van der Waals surface area contributed by atoms with Gasteiger partial charge in [-0.15, -0.1) is 0 Å². The standard InChI is InChI=1S/C15H12F5N3O/c16-11-5-9(15(18,19)20)6-12(17)10(11)7-23-14(24)4-8-1-2-22-13(21)3-8/h1-3,5-6H,4,7H2,(H2,21,22)(H,23,24). The second-order valence-corrected chi connectivity index (χ2v) is 4.96. The zero-order valence-corrected chi connectivity index (χ0v) is 12.1. The topological polar surface area (TPSA) is 68.0 Å². The van der Waals surface area contributed by atoms with Crippen molar-refractivity contribution in [2.45, 2.75) is 19.1 Å². The molecule has 1 amide bonds. The maximum absolute atomic E-state index is 13.7. The normalized spacial score (nSPS) is 11.4. The van der Waals surface area contributed by atoms with E-state index in [0.717, 1.165) is 0 Å². The number of hydrogen-bond donors (Lipinski definition) is 2. The molecule has 0 radical (unpaired) electrons. The van der Waals surface area contributed by atoms with Crippen LogP contribution in [0.3, 0.4) is 0 Å². The Morgan fingerprint density at radius 3 is 2.33 bits per heavy atom. The number of rotatable bonds is 4. The Hall–Kier alpha value is -2.71. The number of halogens is 5. The van der Waals surface area contributed by atoms with Gasteiger partial charge in [0.1, 0.15) is 17.5 Å². The van der Waals surface area contributed by atoms with Crippen LogP contribution < -0.4 is 11.1 Å². The van der Waals surface area contributed by atoms with Crippen molar-refractivity contribution in [3.63, 3.8) is 0 Å². The van der Waals surface area contributed by atoms with E-state index in [1.807, 2.05) is 0 Å². The van der Waals surface area contributed by atoms with Gasteiger partial charge in [-0.25, -0.2) is 13.8 Å². The number of anilines is 1. The second kappa shape index (κ2) is 6.81. The Bertz CT molecular complexity index is 738. The van der Waals surface area contributed by atoms with Crippen LogP contribution in [-0.2, 0) is 23.9 Å². The van der Waals surface area contributed by atoms with Crippen LogP contribution in [0.25, 0.3) is 0 Å². The van der Waals surface area contributed by atoms with E-state index in [2.05, 4.69) is 10.3 Å². The minimum absolute atomic E-state index is 0.114. The maximum Gasteiger partial charge on any atom is 0.416 e. The molecular formula is C15H12F5N3O. The van der Waals surface area contributed by atoms with Crippen LogP contribution in [0.1, 0.15) is 16.7 Å². The molecule has 0 aliphatic carbocycles. The summed E-state index contributed by atoms with van der Waals surface area (Å²) in [5.74, 6) is -3.12. The summed E-state index contributed by atoms with van der Waals surface area (Å²) >= 11 is 0. The van der Waals surface area contributed by atoms with Gasteiger partial charge in [-0.05, 0) is 29.8 Å². The van der Waals surface area contributed by atoms with Crippen molar-refractivity contribution >= 4 is 11.7 Å². The largest absolute Gasteiger partial charge is 0.416 e.